The lowest BCUT2D eigenvalue weighted by atomic mass is 9.95. The number of carbonyl (C=O) groups excluding carboxylic acids is 1. The van der Waals surface area contributed by atoms with E-state index in [4.69, 9.17) is 19.2 Å². The number of benzene rings is 1. The van der Waals surface area contributed by atoms with Crippen LogP contribution in [0.1, 0.15) is 77.0 Å². The minimum Gasteiger partial charge on any atom is -0.377 e. The van der Waals surface area contributed by atoms with Gasteiger partial charge in [-0.15, -0.1) is 11.3 Å². The van der Waals surface area contributed by atoms with E-state index in [0.29, 0.717) is 19.6 Å². The molecule has 1 fully saturated rings. The van der Waals surface area contributed by atoms with Gasteiger partial charge in [0.2, 0.25) is 5.91 Å². The van der Waals surface area contributed by atoms with Gasteiger partial charge in [0.1, 0.15) is 11.6 Å². The number of piperidine rings is 1. The predicted molar refractivity (Wildman–Crippen MR) is 150 cm³/mol. The molecular weight excluding hydrogens is 510 g/mol. The lowest BCUT2D eigenvalue weighted by Crippen LogP contribution is -2.40. The molecule has 1 saturated heterocycles. The third-order valence-corrected chi connectivity index (χ3v) is 9.46. The van der Waals surface area contributed by atoms with E-state index in [-0.39, 0.29) is 18.0 Å². The van der Waals surface area contributed by atoms with Gasteiger partial charge in [-0.05, 0) is 70.2 Å². The van der Waals surface area contributed by atoms with Crippen LogP contribution in [0.15, 0.2) is 34.5 Å². The van der Waals surface area contributed by atoms with E-state index in [0.717, 1.165) is 88.7 Å². The minimum atomic E-state index is -0.0879. The first-order valence-electron chi connectivity index (χ1n) is 14.0. The summed E-state index contributed by atoms with van der Waals surface area (Å²) in [6.07, 6.45) is 8.12. The minimum absolute atomic E-state index is 0.0879. The van der Waals surface area contributed by atoms with E-state index in [1.165, 1.54) is 10.6 Å². The first-order chi connectivity index (χ1) is 19.0. The van der Waals surface area contributed by atoms with Crippen LogP contribution in [0.25, 0.3) is 22.2 Å². The van der Waals surface area contributed by atoms with Gasteiger partial charge in [0, 0.05) is 41.4 Å². The standard InChI is InChI=1S/C30H33N5O3S/c1-17-29(18(2)38-33-17)20-7-10-25-24(15-20)32-30(35(25)22-8-9-23-27(16-22)39-19(3)31-23)26-5-4-6-28(36)34(26)21-11-13-37-14-12-21/h7,10-11,15,22,26H,4-6,8-9,12-14,16H2,1-3H3/t22-,26+/m1/s1. The summed E-state index contributed by atoms with van der Waals surface area (Å²) in [6.45, 7) is 7.23. The number of ether oxygens (including phenoxy) is 1. The molecule has 0 saturated carbocycles. The first-order valence-corrected chi connectivity index (χ1v) is 14.8. The molecule has 0 spiro atoms. The van der Waals surface area contributed by atoms with Crippen LogP contribution < -0.4 is 0 Å². The second-order valence-electron chi connectivity index (χ2n) is 10.9. The van der Waals surface area contributed by atoms with Crippen molar-refractivity contribution < 1.29 is 14.1 Å². The molecule has 0 radical (unpaired) electrons. The summed E-state index contributed by atoms with van der Waals surface area (Å²) in [7, 11) is 0. The number of thiazole rings is 1. The number of imidazole rings is 1. The number of hydrogen-bond donors (Lipinski definition) is 0. The maximum Gasteiger partial charge on any atom is 0.227 e. The molecule has 39 heavy (non-hydrogen) atoms. The Morgan fingerprint density at radius 2 is 1.97 bits per heavy atom. The molecular formula is C30H33N5O3S. The number of hydrogen-bond acceptors (Lipinski definition) is 7. The molecule has 7 rings (SSSR count). The Morgan fingerprint density at radius 1 is 1.08 bits per heavy atom. The van der Waals surface area contributed by atoms with E-state index in [2.05, 4.69) is 40.9 Å². The Bertz CT molecular complexity index is 1590. The molecule has 0 bridgehead atoms. The van der Waals surface area contributed by atoms with Crippen LogP contribution in [0.2, 0.25) is 0 Å². The fraction of sp³-hybridized carbons (Fsp3) is 0.467. The summed E-state index contributed by atoms with van der Waals surface area (Å²) in [5, 5.41) is 5.30. The number of fused-ring (bicyclic) bond motifs is 2. The molecule has 202 valence electrons. The van der Waals surface area contributed by atoms with Crippen molar-refractivity contribution in [2.24, 2.45) is 0 Å². The molecule has 2 aliphatic heterocycles. The van der Waals surface area contributed by atoms with E-state index < -0.39 is 0 Å². The van der Waals surface area contributed by atoms with Crippen molar-refractivity contribution in [3.63, 3.8) is 0 Å². The summed E-state index contributed by atoms with van der Waals surface area (Å²) in [5.74, 6) is 2.00. The Kier molecular flexibility index (Phi) is 6.16. The van der Waals surface area contributed by atoms with Gasteiger partial charge in [-0.25, -0.2) is 9.97 Å². The van der Waals surface area contributed by atoms with Crippen LogP contribution in [0.4, 0.5) is 0 Å². The highest BCUT2D eigenvalue weighted by Crippen LogP contribution is 2.42. The lowest BCUT2D eigenvalue weighted by Gasteiger charge is -2.39. The second kappa shape index (κ2) is 9.71. The Labute approximate surface area is 231 Å². The Morgan fingerprint density at radius 3 is 2.77 bits per heavy atom. The fourth-order valence-corrected chi connectivity index (χ4v) is 7.76. The van der Waals surface area contributed by atoms with Crippen LogP contribution in [-0.4, -0.2) is 43.7 Å². The van der Waals surface area contributed by atoms with Crippen molar-refractivity contribution in [3.8, 4) is 11.1 Å². The summed E-state index contributed by atoms with van der Waals surface area (Å²) >= 11 is 1.82. The number of amides is 1. The molecule has 0 unspecified atom stereocenters. The van der Waals surface area contributed by atoms with Crippen LogP contribution in [-0.2, 0) is 22.4 Å². The smallest absolute Gasteiger partial charge is 0.227 e. The maximum absolute atomic E-state index is 13.4. The SMILES string of the molecule is Cc1nc2c(s1)C[C@H](n1c([C@@H]3CCCC(=O)N3C3=CCOCC3)nc3cc(-c4c(C)noc4C)ccc31)CC2. The number of aromatic nitrogens is 4. The highest BCUT2D eigenvalue weighted by Gasteiger charge is 2.37. The fourth-order valence-electron chi connectivity index (χ4n) is 6.70. The van der Waals surface area contributed by atoms with E-state index in [1.807, 2.05) is 30.1 Å². The monoisotopic (exact) mass is 543 g/mol. The average molecular weight is 544 g/mol. The number of likely N-dealkylation sites (tertiary alicyclic amines) is 1. The van der Waals surface area contributed by atoms with Crippen molar-refractivity contribution in [2.45, 2.75) is 77.8 Å². The number of rotatable bonds is 4. The maximum atomic E-state index is 13.4. The Hall–Kier alpha value is -3.30. The van der Waals surface area contributed by atoms with Crippen LogP contribution in [0.5, 0.6) is 0 Å². The largest absolute Gasteiger partial charge is 0.377 e. The highest BCUT2D eigenvalue weighted by atomic mass is 32.1. The predicted octanol–water partition coefficient (Wildman–Crippen LogP) is 6.16. The summed E-state index contributed by atoms with van der Waals surface area (Å²) in [5.41, 5.74) is 7.36. The van der Waals surface area contributed by atoms with E-state index in [1.54, 1.807) is 0 Å². The molecule has 1 aliphatic carbocycles. The summed E-state index contributed by atoms with van der Waals surface area (Å²) < 4.78 is 13.5. The first kappa shape index (κ1) is 24.7. The van der Waals surface area contributed by atoms with E-state index in [9.17, 15) is 4.79 Å². The molecule has 3 aromatic heterocycles. The number of carbonyl (C=O) groups is 1. The zero-order valence-electron chi connectivity index (χ0n) is 22.7. The van der Waals surface area contributed by atoms with Gasteiger partial charge in [0.25, 0.3) is 0 Å². The molecule has 1 amide bonds. The van der Waals surface area contributed by atoms with E-state index >= 15 is 0 Å². The molecule has 8 nitrogen and oxygen atoms in total. The molecule has 0 N–H and O–H groups in total. The van der Waals surface area contributed by atoms with Crippen molar-refractivity contribution in [2.75, 3.05) is 13.2 Å². The molecule has 5 heterocycles. The lowest BCUT2D eigenvalue weighted by molar-refractivity contribution is -0.134. The third-order valence-electron chi connectivity index (χ3n) is 8.42. The van der Waals surface area contributed by atoms with Gasteiger partial charge < -0.3 is 18.7 Å². The molecule has 1 aromatic carbocycles. The Balaban J connectivity index is 1.39. The highest BCUT2D eigenvalue weighted by molar-refractivity contribution is 7.11. The van der Waals surface area contributed by atoms with Gasteiger partial charge in [-0.1, -0.05) is 11.2 Å². The number of nitrogens with zero attached hydrogens (tertiary/aromatic N) is 5. The van der Waals surface area contributed by atoms with Gasteiger partial charge in [-0.2, -0.15) is 0 Å². The molecule has 3 aliphatic rings. The molecule has 9 heteroatoms. The second-order valence-corrected chi connectivity index (χ2v) is 12.2. The summed E-state index contributed by atoms with van der Waals surface area (Å²) in [6, 6.07) is 6.70. The van der Waals surface area contributed by atoms with Crippen molar-refractivity contribution >= 4 is 28.3 Å². The molecule has 4 aromatic rings. The van der Waals surface area contributed by atoms with Crippen molar-refractivity contribution in [1.82, 2.24) is 24.6 Å². The zero-order chi connectivity index (χ0) is 26.7. The molecule has 2 atom stereocenters. The van der Waals surface area contributed by atoms with Gasteiger partial charge in [0.05, 0.1) is 46.7 Å². The average Bonchev–Trinajstić information content (AvgIpc) is 3.61. The normalized spacial score (nSPS) is 21.9. The van der Waals surface area contributed by atoms with Crippen molar-refractivity contribution in [3.05, 3.63) is 62.8 Å². The summed E-state index contributed by atoms with van der Waals surface area (Å²) in [4.78, 5) is 27.0. The zero-order valence-corrected chi connectivity index (χ0v) is 23.5. The quantitative estimate of drug-likeness (QED) is 0.306. The van der Waals surface area contributed by atoms with Crippen LogP contribution in [0, 0.1) is 20.8 Å². The van der Waals surface area contributed by atoms with Crippen LogP contribution in [0.3, 0.4) is 0 Å². The van der Waals surface area contributed by atoms with Gasteiger partial charge in [-0.3, -0.25) is 4.79 Å². The van der Waals surface area contributed by atoms with Gasteiger partial charge >= 0.3 is 0 Å². The van der Waals surface area contributed by atoms with Crippen molar-refractivity contribution in [1.29, 1.82) is 0 Å². The topological polar surface area (TPSA) is 86.3 Å². The number of aryl methyl sites for hydroxylation is 4. The third kappa shape index (κ3) is 4.23. The van der Waals surface area contributed by atoms with Gasteiger partial charge in [0.15, 0.2) is 0 Å². The van der Waals surface area contributed by atoms with Crippen LogP contribution >= 0.6 is 11.3 Å².